The Labute approximate surface area is 185 Å². The maximum absolute atomic E-state index is 13.3. The van der Waals surface area contributed by atoms with E-state index in [-0.39, 0.29) is 10.8 Å². The van der Waals surface area contributed by atoms with Gasteiger partial charge in [-0.1, -0.05) is 42.5 Å². The van der Waals surface area contributed by atoms with Crippen LogP contribution in [-0.4, -0.2) is 19.5 Å². The standard InChI is InChI=1S/C23H19N3O3S2/c1-16-7-5-6-8-17(16)15-21-22(27)26(19-9-3-2-4-10-19)23(30-21)25-18-11-13-20(14-12-18)31(24,28)29/h2-15H,1H3,(H2,24,28,29). The van der Waals surface area contributed by atoms with Crippen LogP contribution in [0.1, 0.15) is 11.1 Å². The first kappa shape index (κ1) is 21.0. The van der Waals surface area contributed by atoms with Gasteiger partial charge in [-0.15, -0.1) is 0 Å². The molecule has 0 spiro atoms. The van der Waals surface area contributed by atoms with Crippen LogP contribution in [0.3, 0.4) is 0 Å². The van der Waals surface area contributed by atoms with E-state index in [1.54, 1.807) is 17.0 Å². The molecule has 1 amide bonds. The molecule has 31 heavy (non-hydrogen) atoms. The number of para-hydroxylation sites is 1. The zero-order chi connectivity index (χ0) is 22.0. The molecular weight excluding hydrogens is 430 g/mol. The lowest BCUT2D eigenvalue weighted by Crippen LogP contribution is -2.28. The third kappa shape index (κ3) is 4.61. The Hall–Kier alpha value is -3.20. The number of amidine groups is 1. The molecule has 0 aliphatic carbocycles. The topological polar surface area (TPSA) is 92.8 Å². The van der Waals surface area contributed by atoms with E-state index >= 15 is 0 Å². The zero-order valence-corrected chi connectivity index (χ0v) is 18.2. The molecule has 0 aromatic heterocycles. The first-order chi connectivity index (χ1) is 14.8. The minimum absolute atomic E-state index is 0.00616. The number of carbonyl (C=O) groups excluding carboxylic acids is 1. The minimum atomic E-state index is -3.78. The van der Waals surface area contributed by atoms with Crippen molar-refractivity contribution in [2.75, 3.05) is 4.90 Å². The molecular formula is C23H19N3O3S2. The smallest absolute Gasteiger partial charge is 0.268 e. The number of rotatable bonds is 4. The molecule has 1 heterocycles. The number of primary sulfonamides is 1. The van der Waals surface area contributed by atoms with Gasteiger partial charge in [0.15, 0.2) is 5.17 Å². The van der Waals surface area contributed by atoms with Crippen LogP contribution in [0.4, 0.5) is 11.4 Å². The number of carbonyl (C=O) groups is 1. The highest BCUT2D eigenvalue weighted by atomic mass is 32.2. The summed E-state index contributed by atoms with van der Waals surface area (Å²) < 4.78 is 23.0. The first-order valence-corrected chi connectivity index (χ1v) is 11.8. The van der Waals surface area contributed by atoms with Crippen LogP contribution in [0.2, 0.25) is 0 Å². The number of thioether (sulfide) groups is 1. The summed E-state index contributed by atoms with van der Waals surface area (Å²) in [7, 11) is -3.78. The lowest BCUT2D eigenvalue weighted by Gasteiger charge is -2.15. The van der Waals surface area contributed by atoms with Crippen molar-refractivity contribution in [1.82, 2.24) is 0 Å². The van der Waals surface area contributed by atoms with Gasteiger partial charge in [0, 0.05) is 0 Å². The molecule has 0 unspecified atom stereocenters. The molecule has 0 saturated carbocycles. The fraction of sp³-hybridized carbons (Fsp3) is 0.0435. The van der Waals surface area contributed by atoms with Gasteiger partial charge in [-0.2, -0.15) is 0 Å². The number of hydrogen-bond acceptors (Lipinski definition) is 5. The number of nitrogens with zero attached hydrogens (tertiary/aromatic N) is 2. The van der Waals surface area contributed by atoms with Crippen molar-refractivity contribution in [3.63, 3.8) is 0 Å². The van der Waals surface area contributed by atoms with Crippen LogP contribution in [-0.2, 0) is 14.8 Å². The van der Waals surface area contributed by atoms with E-state index in [0.29, 0.717) is 21.4 Å². The van der Waals surface area contributed by atoms with E-state index in [1.165, 1.54) is 23.9 Å². The van der Waals surface area contributed by atoms with Crippen LogP contribution in [0.15, 0.2) is 93.7 Å². The van der Waals surface area contributed by atoms with Crippen molar-refractivity contribution in [3.05, 3.63) is 94.9 Å². The molecule has 4 rings (SSSR count). The van der Waals surface area contributed by atoms with Crippen molar-refractivity contribution >= 4 is 50.3 Å². The molecule has 1 saturated heterocycles. The Morgan fingerprint density at radius 3 is 2.23 bits per heavy atom. The van der Waals surface area contributed by atoms with Gasteiger partial charge >= 0.3 is 0 Å². The Kier molecular flexibility index (Phi) is 5.77. The van der Waals surface area contributed by atoms with E-state index in [1.807, 2.05) is 67.6 Å². The van der Waals surface area contributed by atoms with Crippen molar-refractivity contribution in [3.8, 4) is 0 Å². The Morgan fingerprint density at radius 1 is 0.935 bits per heavy atom. The van der Waals surface area contributed by atoms with Gasteiger partial charge in [0.25, 0.3) is 5.91 Å². The first-order valence-electron chi connectivity index (χ1n) is 9.39. The number of hydrogen-bond donors (Lipinski definition) is 1. The molecule has 6 nitrogen and oxygen atoms in total. The number of nitrogens with two attached hydrogens (primary N) is 1. The van der Waals surface area contributed by atoms with Gasteiger partial charge in [-0.3, -0.25) is 9.69 Å². The highest BCUT2D eigenvalue weighted by Gasteiger charge is 2.34. The maximum atomic E-state index is 13.3. The maximum Gasteiger partial charge on any atom is 0.271 e. The highest BCUT2D eigenvalue weighted by Crippen LogP contribution is 2.37. The van der Waals surface area contributed by atoms with Crippen LogP contribution in [0.25, 0.3) is 6.08 Å². The molecule has 3 aromatic rings. The molecule has 156 valence electrons. The molecule has 2 N–H and O–H groups in total. The average Bonchev–Trinajstić information content (AvgIpc) is 3.05. The highest BCUT2D eigenvalue weighted by molar-refractivity contribution is 8.19. The quantitative estimate of drug-likeness (QED) is 0.596. The Balaban J connectivity index is 1.76. The van der Waals surface area contributed by atoms with Gasteiger partial charge in [-0.25, -0.2) is 18.5 Å². The summed E-state index contributed by atoms with van der Waals surface area (Å²) >= 11 is 1.27. The second-order valence-electron chi connectivity index (χ2n) is 6.88. The van der Waals surface area contributed by atoms with Crippen LogP contribution in [0.5, 0.6) is 0 Å². The predicted octanol–water partition coefficient (Wildman–Crippen LogP) is 4.45. The summed E-state index contributed by atoms with van der Waals surface area (Å²) in [5.74, 6) is -0.167. The Bertz CT molecular complexity index is 1300. The summed E-state index contributed by atoms with van der Waals surface area (Å²) in [4.78, 5) is 20.0. The number of sulfonamides is 1. The minimum Gasteiger partial charge on any atom is -0.268 e. The van der Waals surface area contributed by atoms with Gasteiger partial charge < -0.3 is 0 Å². The summed E-state index contributed by atoms with van der Waals surface area (Å²) in [6.45, 7) is 1.99. The number of aryl methyl sites for hydroxylation is 1. The molecule has 1 aliphatic rings. The summed E-state index contributed by atoms with van der Waals surface area (Å²) in [6.07, 6.45) is 1.87. The average molecular weight is 450 g/mol. The SMILES string of the molecule is Cc1ccccc1C=C1SC(=Nc2ccc(S(N)(=O)=O)cc2)N(c2ccccc2)C1=O. The van der Waals surface area contributed by atoms with E-state index in [2.05, 4.69) is 4.99 Å². The lowest BCUT2D eigenvalue weighted by molar-refractivity contribution is -0.113. The number of benzene rings is 3. The van der Waals surface area contributed by atoms with Crippen molar-refractivity contribution < 1.29 is 13.2 Å². The fourth-order valence-corrected chi connectivity index (χ4v) is 4.57. The van der Waals surface area contributed by atoms with Gasteiger partial charge in [0.2, 0.25) is 10.0 Å². The number of anilines is 1. The number of amides is 1. The third-order valence-corrected chi connectivity index (χ3v) is 6.58. The molecule has 8 heteroatoms. The van der Waals surface area contributed by atoms with Gasteiger partial charge in [-0.05, 0) is 72.3 Å². The van der Waals surface area contributed by atoms with Crippen LogP contribution >= 0.6 is 11.8 Å². The molecule has 0 atom stereocenters. The molecule has 0 bridgehead atoms. The Morgan fingerprint density at radius 2 is 1.58 bits per heavy atom. The number of aliphatic imine (C=N–C) groups is 1. The van der Waals surface area contributed by atoms with E-state index in [9.17, 15) is 13.2 Å². The lowest BCUT2D eigenvalue weighted by atomic mass is 10.1. The van der Waals surface area contributed by atoms with Gasteiger partial charge in [0.1, 0.15) is 0 Å². The second-order valence-corrected chi connectivity index (χ2v) is 9.45. The zero-order valence-electron chi connectivity index (χ0n) is 16.6. The molecule has 1 aliphatic heterocycles. The van der Waals surface area contributed by atoms with Crippen molar-refractivity contribution in [2.45, 2.75) is 11.8 Å². The summed E-state index contributed by atoms with van der Waals surface area (Å²) in [6, 6.07) is 23.0. The summed E-state index contributed by atoms with van der Waals surface area (Å²) in [5, 5.41) is 5.65. The fourth-order valence-electron chi connectivity index (χ4n) is 3.06. The van der Waals surface area contributed by atoms with Gasteiger partial charge in [0.05, 0.1) is 21.2 Å². The normalized spacial score (nSPS) is 17.0. The molecule has 0 radical (unpaired) electrons. The summed E-state index contributed by atoms with van der Waals surface area (Å²) in [5.41, 5.74) is 3.25. The van der Waals surface area contributed by atoms with Crippen LogP contribution < -0.4 is 10.0 Å². The monoisotopic (exact) mass is 449 g/mol. The molecule has 1 fully saturated rings. The van der Waals surface area contributed by atoms with E-state index in [0.717, 1.165) is 11.1 Å². The van der Waals surface area contributed by atoms with Crippen molar-refractivity contribution in [2.24, 2.45) is 10.1 Å². The predicted molar refractivity (Wildman–Crippen MR) is 126 cm³/mol. The third-order valence-electron chi connectivity index (χ3n) is 4.69. The van der Waals surface area contributed by atoms with Crippen LogP contribution in [0, 0.1) is 6.92 Å². The van der Waals surface area contributed by atoms with E-state index in [4.69, 9.17) is 5.14 Å². The molecule has 3 aromatic carbocycles. The second kappa shape index (κ2) is 8.50. The van der Waals surface area contributed by atoms with E-state index < -0.39 is 10.0 Å². The van der Waals surface area contributed by atoms with Crippen molar-refractivity contribution in [1.29, 1.82) is 0 Å². The largest absolute Gasteiger partial charge is 0.271 e.